The molecule has 0 unspecified atom stereocenters. The van der Waals surface area contributed by atoms with Gasteiger partial charge >= 0.3 is 0 Å². The molecular formula is C15H12ClNO4. The lowest BCUT2D eigenvalue weighted by atomic mass is 10.1. The SMILES string of the molecule is Cc1ccc(Cl)c(OCC(=O)c2ccc([N+](=O)[O-])cc2)c1. The van der Waals surface area contributed by atoms with Crippen LogP contribution < -0.4 is 4.74 Å². The number of nitro benzene ring substituents is 1. The maximum absolute atomic E-state index is 12.0. The number of nitro groups is 1. The number of ketones is 1. The van der Waals surface area contributed by atoms with Crippen LogP contribution in [0.1, 0.15) is 15.9 Å². The molecule has 2 aromatic rings. The Morgan fingerprint density at radius 3 is 2.52 bits per heavy atom. The van der Waals surface area contributed by atoms with Crippen LogP contribution in [0.4, 0.5) is 5.69 Å². The zero-order chi connectivity index (χ0) is 15.4. The van der Waals surface area contributed by atoms with Crippen LogP contribution in [0.3, 0.4) is 0 Å². The molecule has 2 aromatic carbocycles. The lowest BCUT2D eigenvalue weighted by molar-refractivity contribution is -0.384. The van der Waals surface area contributed by atoms with Crippen LogP contribution in [-0.2, 0) is 0 Å². The van der Waals surface area contributed by atoms with Gasteiger partial charge in [0.15, 0.2) is 12.4 Å². The highest BCUT2D eigenvalue weighted by Gasteiger charge is 2.11. The van der Waals surface area contributed by atoms with Crippen molar-refractivity contribution in [2.24, 2.45) is 0 Å². The van der Waals surface area contributed by atoms with E-state index in [4.69, 9.17) is 16.3 Å². The number of Topliss-reactive ketones (excluding diaryl/α,β-unsaturated/α-hetero) is 1. The minimum absolute atomic E-state index is 0.0609. The molecule has 0 saturated heterocycles. The Morgan fingerprint density at radius 1 is 1.24 bits per heavy atom. The van der Waals surface area contributed by atoms with E-state index in [0.29, 0.717) is 16.3 Å². The molecule has 0 aliphatic rings. The summed E-state index contributed by atoms with van der Waals surface area (Å²) in [6.07, 6.45) is 0. The highest BCUT2D eigenvalue weighted by Crippen LogP contribution is 2.25. The summed E-state index contributed by atoms with van der Waals surface area (Å²) in [6.45, 7) is 1.71. The predicted molar refractivity (Wildman–Crippen MR) is 79.1 cm³/mol. The van der Waals surface area contributed by atoms with Gasteiger partial charge in [0.25, 0.3) is 5.69 Å². The number of nitrogens with zero attached hydrogens (tertiary/aromatic N) is 1. The molecule has 0 aliphatic carbocycles. The molecular weight excluding hydrogens is 294 g/mol. The molecule has 0 fully saturated rings. The minimum atomic E-state index is -0.517. The number of benzene rings is 2. The van der Waals surface area contributed by atoms with Crippen molar-refractivity contribution in [1.29, 1.82) is 0 Å². The van der Waals surface area contributed by atoms with Crippen molar-refractivity contribution >= 4 is 23.1 Å². The Labute approximate surface area is 126 Å². The molecule has 0 aromatic heterocycles. The largest absolute Gasteiger partial charge is 0.484 e. The van der Waals surface area contributed by atoms with Gasteiger partial charge in [0, 0.05) is 17.7 Å². The first-order valence-corrected chi connectivity index (χ1v) is 6.52. The molecule has 2 rings (SSSR count). The van der Waals surface area contributed by atoms with E-state index in [1.165, 1.54) is 24.3 Å². The lowest BCUT2D eigenvalue weighted by Gasteiger charge is -2.08. The van der Waals surface area contributed by atoms with Gasteiger partial charge in [-0.15, -0.1) is 0 Å². The standard InChI is InChI=1S/C15H12ClNO4/c1-10-2-7-13(16)15(8-10)21-9-14(18)11-3-5-12(6-4-11)17(19)20/h2-8H,9H2,1H3. The van der Waals surface area contributed by atoms with Crippen molar-refractivity contribution < 1.29 is 14.5 Å². The first-order chi connectivity index (χ1) is 9.97. The normalized spacial score (nSPS) is 10.2. The third-order valence-electron chi connectivity index (χ3n) is 2.85. The summed E-state index contributed by atoms with van der Waals surface area (Å²) in [5.74, 6) is 0.161. The third-order valence-corrected chi connectivity index (χ3v) is 3.16. The highest BCUT2D eigenvalue weighted by molar-refractivity contribution is 6.32. The lowest BCUT2D eigenvalue weighted by Crippen LogP contribution is -2.11. The molecule has 0 radical (unpaired) electrons. The van der Waals surface area contributed by atoms with Crippen LogP contribution in [0.2, 0.25) is 5.02 Å². The fourth-order valence-electron chi connectivity index (χ4n) is 1.72. The smallest absolute Gasteiger partial charge is 0.269 e. The number of hydrogen-bond donors (Lipinski definition) is 0. The third kappa shape index (κ3) is 3.79. The molecule has 108 valence electrons. The fourth-order valence-corrected chi connectivity index (χ4v) is 1.89. The second-order valence-corrected chi connectivity index (χ2v) is 4.86. The van der Waals surface area contributed by atoms with E-state index >= 15 is 0 Å². The van der Waals surface area contributed by atoms with Gasteiger partial charge in [-0.25, -0.2) is 0 Å². The number of hydrogen-bond acceptors (Lipinski definition) is 4. The van der Waals surface area contributed by atoms with E-state index in [-0.39, 0.29) is 18.1 Å². The molecule has 0 atom stereocenters. The number of aryl methyl sites for hydroxylation is 1. The molecule has 5 nitrogen and oxygen atoms in total. The van der Waals surface area contributed by atoms with Crippen LogP contribution in [0.25, 0.3) is 0 Å². The summed E-state index contributed by atoms with van der Waals surface area (Å²) in [5.41, 5.74) is 1.26. The zero-order valence-electron chi connectivity index (χ0n) is 11.2. The second-order valence-electron chi connectivity index (χ2n) is 4.45. The fraction of sp³-hybridized carbons (Fsp3) is 0.133. The van der Waals surface area contributed by atoms with E-state index in [0.717, 1.165) is 5.56 Å². The Bertz CT molecular complexity index is 683. The van der Waals surface area contributed by atoms with Crippen LogP contribution in [0.15, 0.2) is 42.5 Å². The maximum atomic E-state index is 12.0. The first kappa shape index (κ1) is 15.0. The summed E-state index contributed by atoms with van der Waals surface area (Å²) in [6, 6.07) is 10.7. The summed E-state index contributed by atoms with van der Waals surface area (Å²) >= 11 is 5.97. The van der Waals surface area contributed by atoms with E-state index in [1.807, 2.05) is 13.0 Å². The molecule has 21 heavy (non-hydrogen) atoms. The van der Waals surface area contributed by atoms with E-state index in [2.05, 4.69) is 0 Å². The quantitative estimate of drug-likeness (QED) is 0.478. The number of rotatable bonds is 5. The molecule has 0 bridgehead atoms. The van der Waals surface area contributed by atoms with E-state index < -0.39 is 4.92 Å². The van der Waals surface area contributed by atoms with Crippen LogP contribution in [-0.4, -0.2) is 17.3 Å². The Morgan fingerprint density at radius 2 is 1.90 bits per heavy atom. The van der Waals surface area contributed by atoms with Gasteiger partial charge in [0.2, 0.25) is 0 Å². The Kier molecular flexibility index (Phi) is 4.55. The van der Waals surface area contributed by atoms with E-state index in [1.54, 1.807) is 12.1 Å². The number of non-ortho nitro benzene ring substituents is 1. The summed E-state index contributed by atoms with van der Waals surface area (Å²) in [7, 11) is 0. The van der Waals surface area contributed by atoms with Gasteiger partial charge < -0.3 is 4.74 Å². The van der Waals surface area contributed by atoms with Crippen LogP contribution in [0.5, 0.6) is 5.75 Å². The Balaban J connectivity index is 2.04. The van der Waals surface area contributed by atoms with Crippen LogP contribution >= 0.6 is 11.6 Å². The van der Waals surface area contributed by atoms with Crippen molar-refractivity contribution in [2.75, 3.05) is 6.61 Å². The van der Waals surface area contributed by atoms with Crippen molar-refractivity contribution in [3.05, 3.63) is 68.7 Å². The molecule has 0 aliphatic heterocycles. The number of ether oxygens (including phenoxy) is 1. The topological polar surface area (TPSA) is 69.4 Å². The minimum Gasteiger partial charge on any atom is -0.484 e. The van der Waals surface area contributed by atoms with Gasteiger partial charge in [-0.1, -0.05) is 17.7 Å². The Hall–Kier alpha value is -2.40. The maximum Gasteiger partial charge on any atom is 0.269 e. The van der Waals surface area contributed by atoms with Crippen molar-refractivity contribution in [1.82, 2.24) is 0 Å². The summed E-state index contributed by atoms with van der Waals surface area (Å²) < 4.78 is 5.40. The zero-order valence-corrected chi connectivity index (χ0v) is 12.0. The van der Waals surface area contributed by atoms with Crippen LogP contribution in [0, 0.1) is 17.0 Å². The second kappa shape index (κ2) is 6.37. The van der Waals surface area contributed by atoms with Gasteiger partial charge in [-0.3, -0.25) is 14.9 Å². The highest BCUT2D eigenvalue weighted by atomic mass is 35.5. The summed E-state index contributed by atoms with van der Waals surface area (Å²) in [4.78, 5) is 22.0. The van der Waals surface area contributed by atoms with Gasteiger partial charge in [-0.05, 0) is 36.8 Å². The van der Waals surface area contributed by atoms with Crippen molar-refractivity contribution in [3.63, 3.8) is 0 Å². The van der Waals surface area contributed by atoms with Crippen molar-refractivity contribution in [3.8, 4) is 5.75 Å². The molecule has 0 amide bonds. The van der Waals surface area contributed by atoms with Gasteiger partial charge in [0.05, 0.1) is 9.95 Å². The first-order valence-electron chi connectivity index (χ1n) is 6.14. The average molecular weight is 306 g/mol. The number of halogens is 1. The molecule has 0 heterocycles. The number of carbonyl (C=O) groups excluding carboxylic acids is 1. The monoisotopic (exact) mass is 305 g/mol. The average Bonchev–Trinajstić information content (AvgIpc) is 2.48. The molecule has 0 saturated carbocycles. The molecule has 0 N–H and O–H groups in total. The van der Waals surface area contributed by atoms with Gasteiger partial charge in [-0.2, -0.15) is 0 Å². The number of carbonyl (C=O) groups is 1. The summed E-state index contributed by atoms with van der Waals surface area (Å²) in [5, 5.41) is 11.0. The molecule has 0 spiro atoms. The predicted octanol–water partition coefficient (Wildman–Crippen LogP) is 3.82. The van der Waals surface area contributed by atoms with Gasteiger partial charge in [0.1, 0.15) is 5.75 Å². The van der Waals surface area contributed by atoms with Crippen molar-refractivity contribution in [2.45, 2.75) is 6.92 Å². The van der Waals surface area contributed by atoms with E-state index in [9.17, 15) is 14.9 Å². The molecule has 6 heteroatoms.